The largest absolute Gasteiger partial charge is 0.478 e. The molecule has 0 fully saturated rings. The summed E-state index contributed by atoms with van der Waals surface area (Å²) in [5, 5.41) is 9.36. The third kappa shape index (κ3) is 9.28. The molecule has 0 spiro atoms. The molecule has 0 atom stereocenters. The van der Waals surface area contributed by atoms with Gasteiger partial charge in [-0.2, -0.15) is 0 Å². The van der Waals surface area contributed by atoms with Crippen LogP contribution >= 0.6 is 11.8 Å². The summed E-state index contributed by atoms with van der Waals surface area (Å²) in [7, 11) is 0. The average molecular weight is 540 g/mol. The maximum atomic E-state index is 14.3. The van der Waals surface area contributed by atoms with Crippen LogP contribution < -0.4 is 0 Å². The van der Waals surface area contributed by atoms with Gasteiger partial charge < -0.3 is 10.0 Å². The third-order valence-corrected chi connectivity index (χ3v) is 7.51. The Balaban J connectivity index is 1.56. The van der Waals surface area contributed by atoms with Crippen molar-refractivity contribution < 1.29 is 23.5 Å². The molecule has 3 rings (SSSR count). The fraction of sp³-hybridized carbons (Fsp3) is 0.355. The highest BCUT2D eigenvalue weighted by molar-refractivity contribution is 7.98. The van der Waals surface area contributed by atoms with Gasteiger partial charge in [0.15, 0.2) is 0 Å². The number of aromatic carboxylic acids is 1. The van der Waals surface area contributed by atoms with E-state index < -0.39 is 17.6 Å². The first-order valence-corrected chi connectivity index (χ1v) is 14.1. The zero-order chi connectivity index (χ0) is 27.3. The minimum atomic E-state index is -0.932. The summed E-state index contributed by atoms with van der Waals surface area (Å²) in [6, 6.07) is 18.4. The number of hydrogen-bond acceptors (Lipinski definition) is 3. The number of halogens is 2. The van der Waals surface area contributed by atoms with Crippen molar-refractivity contribution in [2.24, 2.45) is 0 Å². The van der Waals surface area contributed by atoms with Crippen molar-refractivity contribution >= 4 is 23.6 Å². The SMILES string of the molecule is CCCCCCCN(Cc1ccc(F)cc1F)C(=O)CCc1ccc(SCc2ccccc2C(=O)O)cc1. The quantitative estimate of drug-likeness (QED) is 0.158. The van der Waals surface area contributed by atoms with Gasteiger partial charge in [-0.3, -0.25) is 4.79 Å². The van der Waals surface area contributed by atoms with Crippen LogP contribution in [0.3, 0.4) is 0 Å². The van der Waals surface area contributed by atoms with E-state index in [1.54, 1.807) is 28.8 Å². The van der Waals surface area contributed by atoms with Crippen LogP contribution in [0, 0.1) is 11.6 Å². The molecule has 38 heavy (non-hydrogen) atoms. The predicted molar refractivity (Wildman–Crippen MR) is 148 cm³/mol. The number of carboxylic acids is 1. The van der Waals surface area contributed by atoms with Crippen molar-refractivity contribution in [3.63, 3.8) is 0 Å². The zero-order valence-corrected chi connectivity index (χ0v) is 22.6. The van der Waals surface area contributed by atoms with Crippen molar-refractivity contribution in [3.05, 3.63) is 101 Å². The zero-order valence-electron chi connectivity index (χ0n) is 21.8. The number of hydrogen-bond donors (Lipinski definition) is 1. The Hall–Kier alpha value is -3.19. The molecule has 0 saturated carbocycles. The van der Waals surface area contributed by atoms with Gasteiger partial charge in [-0.1, -0.05) is 69.0 Å². The number of thioether (sulfide) groups is 1. The lowest BCUT2D eigenvalue weighted by molar-refractivity contribution is -0.131. The van der Waals surface area contributed by atoms with Crippen molar-refractivity contribution in [1.82, 2.24) is 4.90 Å². The topological polar surface area (TPSA) is 57.6 Å². The van der Waals surface area contributed by atoms with Crippen LogP contribution in [0.2, 0.25) is 0 Å². The number of unbranched alkanes of at least 4 members (excludes halogenated alkanes) is 4. The van der Waals surface area contributed by atoms with E-state index in [4.69, 9.17) is 0 Å². The Morgan fingerprint density at radius 1 is 0.895 bits per heavy atom. The summed E-state index contributed by atoms with van der Waals surface area (Å²) in [5.41, 5.74) is 2.42. The number of nitrogens with zero attached hydrogens (tertiary/aromatic N) is 1. The Morgan fingerprint density at radius 3 is 2.34 bits per heavy atom. The van der Waals surface area contributed by atoms with E-state index in [0.717, 1.165) is 54.2 Å². The summed E-state index contributed by atoms with van der Waals surface area (Å²) in [5.74, 6) is -1.69. The number of amides is 1. The van der Waals surface area contributed by atoms with Crippen LogP contribution in [-0.4, -0.2) is 28.4 Å². The summed E-state index contributed by atoms with van der Waals surface area (Å²) in [4.78, 5) is 27.2. The van der Waals surface area contributed by atoms with E-state index in [2.05, 4.69) is 6.92 Å². The van der Waals surface area contributed by atoms with Crippen LogP contribution in [0.1, 0.15) is 72.5 Å². The normalized spacial score (nSPS) is 10.9. The van der Waals surface area contributed by atoms with E-state index >= 15 is 0 Å². The number of aryl methyl sites for hydroxylation is 1. The van der Waals surface area contributed by atoms with Gasteiger partial charge in [-0.25, -0.2) is 13.6 Å². The number of benzene rings is 3. The predicted octanol–water partition coefficient (Wildman–Crippen LogP) is 7.89. The summed E-state index contributed by atoms with van der Waals surface area (Å²) in [6.45, 7) is 2.83. The maximum Gasteiger partial charge on any atom is 0.335 e. The fourth-order valence-corrected chi connectivity index (χ4v) is 5.13. The van der Waals surface area contributed by atoms with E-state index in [1.807, 2.05) is 36.4 Å². The van der Waals surface area contributed by atoms with Crippen molar-refractivity contribution in [3.8, 4) is 0 Å². The van der Waals surface area contributed by atoms with Crippen molar-refractivity contribution in [2.75, 3.05) is 6.54 Å². The lowest BCUT2D eigenvalue weighted by Crippen LogP contribution is -2.32. The number of rotatable bonds is 15. The first-order chi connectivity index (χ1) is 18.4. The number of carbonyl (C=O) groups is 2. The maximum absolute atomic E-state index is 14.3. The second-order valence-corrected chi connectivity index (χ2v) is 10.4. The second kappa shape index (κ2) is 15.3. The van der Waals surface area contributed by atoms with Gasteiger partial charge in [0.1, 0.15) is 11.6 Å². The molecule has 1 N–H and O–H groups in total. The van der Waals surface area contributed by atoms with Crippen LogP contribution in [0.4, 0.5) is 8.78 Å². The Labute approximate surface area is 228 Å². The van der Waals surface area contributed by atoms with Crippen molar-refractivity contribution in [1.29, 1.82) is 0 Å². The molecule has 1 amide bonds. The Kier molecular flexibility index (Phi) is 11.8. The molecule has 0 aromatic heterocycles. The molecule has 7 heteroatoms. The van der Waals surface area contributed by atoms with Gasteiger partial charge in [0.05, 0.1) is 5.56 Å². The van der Waals surface area contributed by atoms with E-state index in [0.29, 0.717) is 36.3 Å². The highest BCUT2D eigenvalue weighted by Gasteiger charge is 2.16. The lowest BCUT2D eigenvalue weighted by Gasteiger charge is -2.23. The molecule has 202 valence electrons. The van der Waals surface area contributed by atoms with E-state index in [-0.39, 0.29) is 12.5 Å². The van der Waals surface area contributed by atoms with E-state index in [9.17, 15) is 23.5 Å². The van der Waals surface area contributed by atoms with Crippen LogP contribution in [-0.2, 0) is 23.5 Å². The summed E-state index contributed by atoms with van der Waals surface area (Å²) >= 11 is 1.56. The minimum absolute atomic E-state index is 0.0482. The summed E-state index contributed by atoms with van der Waals surface area (Å²) in [6.07, 6.45) is 6.12. The minimum Gasteiger partial charge on any atom is -0.478 e. The Bertz CT molecular complexity index is 1200. The van der Waals surface area contributed by atoms with Gasteiger partial charge in [0.25, 0.3) is 0 Å². The molecule has 3 aromatic carbocycles. The van der Waals surface area contributed by atoms with E-state index in [1.165, 1.54) is 12.1 Å². The molecule has 0 saturated heterocycles. The molecule has 3 aromatic rings. The number of carbonyl (C=O) groups excluding carboxylic acids is 1. The van der Waals surface area contributed by atoms with Gasteiger partial charge in [0, 0.05) is 41.8 Å². The standard InChI is InChI=1S/C31H35F2NO3S/c1-2-3-4-5-8-19-34(21-24-14-15-26(32)20-29(24)33)30(35)18-13-23-11-16-27(17-12-23)38-22-25-9-6-7-10-28(25)31(36)37/h6-7,9-12,14-17,20H,2-5,8,13,18-19,21-22H2,1H3,(H,36,37). The molecule has 0 unspecified atom stereocenters. The second-order valence-electron chi connectivity index (χ2n) is 9.36. The van der Waals surface area contributed by atoms with Crippen LogP contribution in [0.15, 0.2) is 71.6 Å². The average Bonchev–Trinajstić information content (AvgIpc) is 2.91. The molecular formula is C31H35F2NO3S. The van der Waals surface area contributed by atoms with Gasteiger partial charge in [-0.05, 0) is 48.2 Å². The van der Waals surface area contributed by atoms with Crippen LogP contribution in [0.25, 0.3) is 0 Å². The first kappa shape index (κ1) is 29.4. The fourth-order valence-electron chi connectivity index (χ4n) is 4.23. The molecule has 4 nitrogen and oxygen atoms in total. The monoisotopic (exact) mass is 539 g/mol. The molecule has 0 aliphatic heterocycles. The Morgan fingerprint density at radius 2 is 1.63 bits per heavy atom. The van der Waals surface area contributed by atoms with Gasteiger partial charge >= 0.3 is 5.97 Å². The van der Waals surface area contributed by atoms with Crippen molar-refractivity contribution in [2.45, 2.75) is 69.1 Å². The number of carboxylic acid groups (broad SMARTS) is 1. The molecule has 0 heterocycles. The molecule has 0 aliphatic rings. The molecule has 0 aliphatic carbocycles. The molecule has 0 radical (unpaired) electrons. The molecule has 0 bridgehead atoms. The third-order valence-electron chi connectivity index (χ3n) is 6.45. The highest BCUT2D eigenvalue weighted by Crippen LogP contribution is 2.25. The smallest absolute Gasteiger partial charge is 0.335 e. The summed E-state index contributed by atoms with van der Waals surface area (Å²) < 4.78 is 27.6. The first-order valence-electron chi connectivity index (χ1n) is 13.1. The lowest BCUT2D eigenvalue weighted by atomic mass is 10.1. The highest BCUT2D eigenvalue weighted by atomic mass is 32.2. The molecular weight excluding hydrogens is 504 g/mol. The van der Waals surface area contributed by atoms with Gasteiger partial charge in [0.2, 0.25) is 5.91 Å². The van der Waals surface area contributed by atoms with Crippen LogP contribution in [0.5, 0.6) is 0 Å². The van der Waals surface area contributed by atoms with Gasteiger partial charge in [-0.15, -0.1) is 11.8 Å².